The summed E-state index contributed by atoms with van der Waals surface area (Å²) < 4.78 is 5.35. The van der Waals surface area contributed by atoms with Gasteiger partial charge in [0.2, 0.25) is 5.91 Å². The van der Waals surface area contributed by atoms with Crippen LogP contribution in [0.3, 0.4) is 0 Å². The summed E-state index contributed by atoms with van der Waals surface area (Å²) in [4.78, 5) is 59.2. The highest BCUT2D eigenvalue weighted by atomic mass is 16.7. The number of amides is 5. The minimum Gasteiger partial charge on any atom is -0.444 e. The molecule has 11 nitrogen and oxygen atoms in total. The van der Waals surface area contributed by atoms with Gasteiger partial charge in [-0.25, -0.2) is 9.59 Å². The van der Waals surface area contributed by atoms with Crippen molar-refractivity contribution >= 4 is 23.9 Å². The summed E-state index contributed by atoms with van der Waals surface area (Å²) in [7, 11) is 0. The van der Waals surface area contributed by atoms with Gasteiger partial charge in [-0.05, 0) is 45.6 Å². The van der Waals surface area contributed by atoms with Crippen molar-refractivity contribution in [1.29, 1.82) is 0 Å². The van der Waals surface area contributed by atoms with E-state index in [1.54, 1.807) is 20.8 Å². The van der Waals surface area contributed by atoms with E-state index in [-0.39, 0.29) is 31.1 Å². The van der Waals surface area contributed by atoms with Crippen molar-refractivity contribution in [3.8, 4) is 0 Å². The summed E-state index contributed by atoms with van der Waals surface area (Å²) in [6.07, 6.45) is 1.11. The molecule has 0 aliphatic carbocycles. The maximum atomic E-state index is 12.9. The Bertz CT molecular complexity index is 965. The number of hydroxylamine groups is 2. The number of hydrogen-bond acceptors (Lipinski definition) is 6. The number of rotatable bonds is 5. The zero-order chi connectivity index (χ0) is 25.2. The van der Waals surface area contributed by atoms with Crippen molar-refractivity contribution in [1.82, 2.24) is 25.7 Å². The topological polar surface area (TPSA) is 121 Å². The molecule has 0 saturated carbocycles. The molecule has 3 saturated heterocycles. The molecule has 4 rings (SSSR count). The summed E-state index contributed by atoms with van der Waals surface area (Å²) in [5, 5.41) is 1.36. The van der Waals surface area contributed by atoms with Gasteiger partial charge in [0.25, 0.3) is 5.91 Å². The average Bonchev–Trinajstić information content (AvgIpc) is 3.40. The maximum absolute atomic E-state index is 12.9. The molecule has 0 radical (unpaired) electrons. The van der Waals surface area contributed by atoms with Crippen molar-refractivity contribution in [2.45, 2.75) is 64.3 Å². The predicted octanol–water partition coefficient (Wildman–Crippen LogP) is 1.79. The molecule has 1 aromatic carbocycles. The molecule has 3 aliphatic rings. The van der Waals surface area contributed by atoms with Gasteiger partial charge in [0.15, 0.2) is 0 Å². The number of carbonyl (C=O) groups is 4. The number of hydrogen-bond donors (Lipinski definition) is 2. The Morgan fingerprint density at radius 2 is 1.71 bits per heavy atom. The molecule has 3 aliphatic heterocycles. The summed E-state index contributed by atoms with van der Waals surface area (Å²) in [6, 6.07) is 8.41. The first-order valence-corrected chi connectivity index (χ1v) is 12.0. The maximum Gasteiger partial charge on any atom is 0.410 e. The van der Waals surface area contributed by atoms with E-state index < -0.39 is 29.6 Å². The van der Waals surface area contributed by atoms with E-state index in [9.17, 15) is 19.2 Å². The van der Waals surface area contributed by atoms with Gasteiger partial charge in [0, 0.05) is 19.6 Å². The second kappa shape index (κ2) is 10.1. The zero-order valence-corrected chi connectivity index (χ0v) is 20.4. The molecule has 2 bridgehead atoms. The van der Waals surface area contributed by atoms with Crippen molar-refractivity contribution in [2.75, 3.05) is 19.6 Å². The molecule has 0 aromatic heterocycles. The first-order chi connectivity index (χ1) is 16.6. The molecule has 1 aromatic rings. The first-order valence-electron chi connectivity index (χ1n) is 12.0. The molecule has 3 heterocycles. The van der Waals surface area contributed by atoms with Crippen LogP contribution in [0.4, 0.5) is 9.59 Å². The van der Waals surface area contributed by atoms with Crippen LogP contribution in [0.1, 0.15) is 45.6 Å². The number of nitrogens with zero attached hydrogens (tertiary/aromatic N) is 3. The standard InChI is InChI=1S/C24H33N5O6/c1-24(2,3)35-23(33)27-12-11-17(13-27)20(30)25-26-21(31)19-10-9-18-14-28(19)22(32)29(18)34-15-16-7-5-4-6-8-16/h4-8,17-19H,9-15H2,1-3H3,(H,25,30)(H,26,31)/t17-,18-,19-/m1/s1. The largest absolute Gasteiger partial charge is 0.444 e. The molecule has 11 heteroatoms. The van der Waals surface area contributed by atoms with Gasteiger partial charge >= 0.3 is 12.1 Å². The van der Waals surface area contributed by atoms with Crippen LogP contribution in [0.5, 0.6) is 0 Å². The van der Waals surface area contributed by atoms with Gasteiger partial charge in [-0.3, -0.25) is 25.3 Å². The number of ether oxygens (including phenoxy) is 1. The Labute approximate surface area is 204 Å². The van der Waals surface area contributed by atoms with E-state index in [1.807, 2.05) is 30.3 Å². The summed E-state index contributed by atoms with van der Waals surface area (Å²) >= 11 is 0. The second-order valence-electron chi connectivity index (χ2n) is 10.2. The summed E-state index contributed by atoms with van der Waals surface area (Å²) in [6.45, 7) is 6.65. The van der Waals surface area contributed by atoms with Crippen LogP contribution in [0.25, 0.3) is 0 Å². The molecule has 190 valence electrons. The number of likely N-dealkylation sites (tertiary alicyclic amines) is 1. The lowest BCUT2D eigenvalue weighted by Crippen LogP contribution is -2.55. The second-order valence-corrected chi connectivity index (χ2v) is 10.2. The van der Waals surface area contributed by atoms with Crippen molar-refractivity contribution < 1.29 is 28.8 Å². The van der Waals surface area contributed by atoms with Crippen LogP contribution in [-0.2, 0) is 25.8 Å². The lowest BCUT2D eigenvalue weighted by molar-refractivity contribution is -0.140. The number of fused-ring (bicyclic) bond motifs is 2. The molecule has 2 N–H and O–H groups in total. The van der Waals surface area contributed by atoms with Crippen LogP contribution in [0.15, 0.2) is 30.3 Å². The molecule has 5 amide bonds. The van der Waals surface area contributed by atoms with E-state index in [0.717, 1.165) is 5.56 Å². The molecular formula is C24H33N5O6. The van der Waals surface area contributed by atoms with Gasteiger partial charge in [0.05, 0.1) is 12.0 Å². The molecule has 0 spiro atoms. The number of urea groups is 1. The van der Waals surface area contributed by atoms with E-state index in [2.05, 4.69) is 10.9 Å². The monoisotopic (exact) mass is 487 g/mol. The van der Waals surface area contributed by atoms with Crippen LogP contribution < -0.4 is 10.9 Å². The minimum absolute atomic E-state index is 0.109. The Hall–Kier alpha value is -3.34. The zero-order valence-electron chi connectivity index (χ0n) is 20.4. The van der Waals surface area contributed by atoms with E-state index in [1.165, 1.54) is 14.9 Å². The highest BCUT2D eigenvalue weighted by Crippen LogP contribution is 2.30. The number of hydrazine groups is 1. The fraction of sp³-hybridized carbons (Fsp3) is 0.583. The lowest BCUT2D eigenvalue weighted by atomic mass is 10.0. The highest BCUT2D eigenvalue weighted by Gasteiger charge is 2.48. The summed E-state index contributed by atoms with van der Waals surface area (Å²) in [5.41, 5.74) is 5.26. The fourth-order valence-electron chi connectivity index (χ4n) is 4.56. The Kier molecular flexibility index (Phi) is 7.15. The van der Waals surface area contributed by atoms with Crippen molar-refractivity contribution in [3.05, 3.63) is 35.9 Å². The highest BCUT2D eigenvalue weighted by molar-refractivity contribution is 5.90. The third-order valence-electron chi connectivity index (χ3n) is 6.36. The van der Waals surface area contributed by atoms with Crippen LogP contribution in [-0.4, -0.2) is 76.1 Å². The first kappa shape index (κ1) is 24.8. The van der Waals surface area contributed by atoms with E-state index in [4.69, 9.17) is 9.57 Å². The van der Waals surface area contributed by atoms with Gasteiger partial charge in [0.1, 0.15) is 18.2 Å². The normalized spacial score (nSPS) is 23.9. The van der Waals surface area contributed by atoms with Crippen LogP contribution in [0, 0.1) is 5.92 Å². The fourth-order valence-corrected chi connectivity index (χ4v) is 4.56. The van der Waals surface area contributed by atoms with Crippen molar-refractivity contribution in [2.24, 2.45) is 5.92 Å². The molecule has 3 atom stereocenters. The third kappa shape index (κ3) is 5.84. The SMILES string of the molecule is CC(C)(C)OC(=O)N1CC[C@@H](C(=O)NNC(=O)[C@H]2CC[C@@H]3CN2C(=O)N3OCc2ccccc2)C1. The Balaban J connectivity index is 1.24. The molecule has 3 fully saturated rings. The predicted molar refractivity (Wildman–Crippen MR) is 124 cm³/mol. The van der Waals surface area contributed by atoms with Crippen LogP contribution in [0.2, 0.25) is 0 Å². The molecule has 0 unspecified atom stereocenters. The third-order valence-corrected chi connectivity index (χ3v) is 6.36. The number of benzene rings is 1. The van der Waals surface area contributed by atoms with Gasteiger partial charge in [-0.2, -0.15) is 5.06 Å². The van der Waals surface area contributed by atoms with Crippen LogP contribution >= 0.6 is 0 Å². The quantitative estimate of drug-likeness (QED) is 0.611. The van der Waals surface area contributed by atoms with E-state index >= 15 is 0 Å². The summed E-state index contributed by atoms with van der Waals surface area (Å²) in [5.74, 6) is -1.27. The molecule has 35 heavy (non-hydrogen) atoms. The lowest BCUT2D eigenvalue weighted by Gasteiger charge is -2.29. The van der Waals surface area contributed by atoms with E-state index in [0.29, 0.717) is 32.4 Å². The van der Waals surface area contributed by atoms with Crippen molar-refractivity contribution in [3.63, 3.8) is 0 Å². The Morgan fingerprint density at radius 1 is 1.00 bits per heavy atom. The smallest absolute Gasteiger partial charge is 0.410 e. The Morgan fingerprint density at radius 3 is 2.43 bits per heavy atom. The number of piperidine rings is 1. The molecular weight excluding hydrogens is 454 g/mol. The van der Waals surface area contributed by atoms with Gasteiger partial charge in [-0.1, -0.05) is 30.3 Å². The minimum atomic E-state index is -0.689. The average molecular weight is 488 g/mol. The van der Waals surface area contributed by atoms with Gasteiger partial charge < -0.3 is 14.5 Å². The number of nitrogens with one attached hydrogen (secondary N) is 2. The van der Waals surface area contributed by atoms with Gasteiger partial charge in [-0.15, -0.1) is 0 Å². The number of carbonyl (C=O) groups excluding carboxylic acids is 4.